The van der Waals surface area contributed by atoms with Crippen LogP contribution in [-0.2, 0) is 32.2 Å². The van der Waals surface area contributed by atoms with Gasteiger partial charge in [-0.3, -0.25) is 0 Å². The van der Waals surface area contributed by atoms with Gasteiger partial charge in [0.2, 0.25) is 0 Å². The van der Waals surface area contributed by atoms with Crippen LogP contribution in [0, 0.1) is 17.1 Å². The van der Waals surface area contributed by atoms with Gasteiger partial charge in [0.15, 0.2) is 0 Å². The Kier molecular flexibility index (Phi) is 33.6. The van der Waals surface area contributed by atoms with Gasteiger partial charge < -0.3 is 20.7 Å². The maximum Gasteiger partial charge on any atom is 0.573 e. The van der Waals surface area contributed by atoms with Crippen molar-refractivity contribution in [2.45, 2.75) is 83.5 Å². The highest BCUT2D eigenvalue weighted by Crippen LogP contribution is 2.31. The molecule has 0 bridgehead atoms. The number of rotatable bonds is 30. The number of allylic oxidation sites excluding steroid dienone is 1. The summed E-state index contributed by atoms with van der Waals surface area (Å²) in [6.45, 7) is 4.07. The average Bonchev–Trinajstić information content (AvgIpc) is 0.868. The second-order valence-corrected chi connectivity index (χ2v) is 25.7. The van der Waals surface area contributed by atoms with Crippen LogP contribution in [0.4, 0.5) is 30.7 Å². The number of halogens is 7. The fourth-order valence-electron chi connectivity index (χ4n) is 12.1. The standard InChI is InChI=1S/C26H25N.C24H22F3NO.C24H22F3N.C23H22FN/c27-21-23-19-17-22(18-20-23)11-5-1-2-10-16-26(24-12-6-3-7-13-24)25-14-8-4-9-15-25;25-24(26,27)29-22-14-7-9-19(17-22)18-28-16-8-15-23(20-10-3-1-4-11-20)21-12-5-2-6-13-21;25-24(26,27)22-15-13-19(14-16-22)18-28-17-7-12-23(20-8-3-1-4-9-20)21-10-5-2-6-11-21;24-22-15-13-19(14-16-22)18-25-17-7-12-23(20-8-3-1-4-9-20)21-10-5-2-6-11-21/h3-4,6-9,12-20H,1-2,5,10-11H2;1-7,9-15,17,28H,8,16,18H2;1-6,8-16,28H,7,17-18H2;1-6,8-16,25H,7,17-18H2. The molecule has 0 saturated carbocycles. The van der Waals surface area contributed by atoms with Crippen LogP contribution in [0.1, 0.15) is 123 Å². The Labute approximate surface area is 638 Å². The highest BCUT2D eigenvalue weighted by Gasteiger charge is 2.31. The highest BCUT2D eigenvalue weighted by molar-refractivity contribution is 5.82. The summed E-state index contributed by atoms with van der Waals surface area (Å²) < 4.78 is 91.7. The minimum absolute atomic E-state index is 0.193. The van der Waals surface area contributed by atoms with Gasteiger partial charge in [0.05, 0.1) is 17.2 Å². The number of benzene rings is 12. The van der Waals surface area contributed by atoms with Gasteiger partial charge in [0, 0.05) is 19.6 Å². The predicted octanol–water partition coefficient (Wildman–Crippen LogP) is 24.7. The summed E-state index contributed by atoms with van der Waals surface area (Å²) in [4.78, 5) is 0. The van der Waals surface area contributed by atoms with Crippen molar-refractivity contribution >= 4 is 22.3 Å². The largest absolute Gasteiger partial charge is 0.573 e. The second-order valence-electron chi connectivity index (χ2n) is 25.7. The van der Waals surface area contributed by atoms with Gasteiger partial charge >= 0.3 is 12.5 Å². The molecule has 0 radical (unpaired) electrons. The summed E-state index contributed by atoms with van der Waals surface area (Å²) in [5.74, 6) is -0.394. The molecular formula is C97H91F7N4O. The Balaban J connectivity index is 0.000000168. The molecule has 0 aliphatic carbocycles. The van der Waals surface area contributed by atoms with Crippen molar-refractivity contribution in [3.05, 3.63) is 448 Å². The molecule has 12 rings (SSSR count). The monoisotopic (exact) mass is 1460 g/mol. The van der Waals surface area contributed by atoms with Gasteiger partial charge in [-0.1, -0.05) is 322 Å². The molecule has 12 aromatic rings. The van der Waals surface area contributed by atoms with Crippen LogP contribution in [0.2, 0.25) is 0 Å². The van der Waals surface area contributed by atoms with Gasteiger partial charge in [0.1, 0.15) is 11.6 Å². The number of unbranched alkanes of at least 4 members (excludes halogenated alkanes) is 3. The normalized spacial score (nSPS) is 10.8. The topological polar surface area (TPSA) is 69.1 Å². The van der Waals surface area contributed by atoms with Crippen molar-refractivity contribution in [1.82, 2.24) is 16.0 Å². The molecule has 0 amide bonds. The Morgan fingerprint density at radius 2 is 0.633 bits per heavy atom. The summed E-state index contributed by atoms with van der Waals surface area (Å²) in [5.41, 5.74) is 18.7. The minimum atomic E-state index is -4.68. The van der Waals surface area contributed by atoms with Crippen molar-refractivity contribution in [2.75, 3.05) is 19.6 Å². The number of alkyl halides is 6. The lowest BCUT2D eigenvalue weighted by Crippen LogP contribution is -2.18. The van der Waals surface area contributed by atoms with Crippen molar-refractivity contribution in [1.29, 1.82) is 5.26 Å². The Morgan fingerprint density at radius 3 is 0.954 bits per heavy atom. The first-order valence-electron chi connectivity index (χ1n) is 36.8. The van der Waals surface area contributed by atoms with E-state index in [2.05, 4.69) is 221 Å². The van der Waals surface area contributed by atoms with Crippen LogP contribution in [0.15, 0.2) is 364 Å². The fraction of sp³-hybridized carbons (Fsp3) is 0.165. The molecule has 0 heterocycles. The quantitative estimate of drug-likeness (QED) is 0.0309. The zero-order valence-electron chi connectivity index (χ0n) is 61.0. The van der Waals surface area contributed by atoms with Gasteiger partial charge in [-0.2, -0.15) is 18.4 Å². The number of hydrogen-bond donors (Lipinski definition) is 3. The predicted molar refractivity (Wildman–Crippen MR) is 433 cm³/mol. The van der Waals surface area contributed by atoms with Gasteiger partial charge in [-0.15, -0.1) is 13.2 Å². The number of hydrogen-bond acceptors (Lipinski definition) is 5. The number of nitriles is 1. The molecule has 554 valence electrons. The van der Waals surface area contributed by atoms with Crippen LogP contribution in [0.3, 0.4) is 0 Å². The molecule has 0 unspecified atom stereocenters. The molecule has 109 heavy (non-hydrogen) atoms. The summed E-state index contributed by atoms with van der Waals surface area (Å²) in [5, 5.41) is 18.8. The average molecular weight is 1460 g/mol. The van der Waals surface area contributed by atoms with Crippen molar-refractivity contribution in [2.24, 2.45) is 0 Å². The third kappa shape index (κ3) is 29.5. The zero-order valence-corrected chi connectivity index (χ0v) is 61.0. The third-order valence-electron chi connectivity index (χ3n) is 17.6. The first-order chi connectivity index (χ1) is 53.2. The van der Waals surface area contributed by atoms with Gasteiger partial charge in [0.25, 0.3) is 0 Å². The summed E-state index contributed by atoms with van der Waals surface area (Å²) in [6.07, 6.45) is 8.38. The molecule has 0 fully saturated rings. The Bertz CT molecular complexity index is 4540. The minimum Gasteiger partial charge on any atom is -0.406 e. The molecule has 0 aliphatic rings. The maximum atomic E-state index is 12.9. The zero-order chi connectivity index (χ0) is 76.4. The van der Waals surface area contributed by atoms with E-state index in [0.717, 1.165) is 114 Å². The molecule has 12 heteroatoms. The SMILES string of the molecule is FC(F)(F)Oc1cccc(CNCCC=C(c2ccccc2)c2ccccc2)c1.FC(F)(F)c1ccc(CNCCC=C(c2ccccc2)c2ccccc2)cc1.Fc1ccc(CNCCC=C(c2ccccc2)c2ccccc2)cc1.N#Cc1ccc(CCCCCC=C(c2ccccc2)c2ccccc2)cc1. The van der Waals surface area contributed by atoms with E-state index in [1.807, 2.05) is 109 Å². The van der Waals surface area contributed by atoms with Gasteiger partial charge in [-0.25, -0.2) is 4.39 Å². The molecule has 0 spiro atoms. The van der Waals surface area contributed by atoms with E-state index in [-0.39, 0.29) is 11.6 Å². The number of nitrogens with one attached hydrogen (secondary N) is 3. The van der Waals surface area contributed by atoms with E-state index in [1.165, 1.54) is 100 Å². The van der Waals surface area contributed by atoms with Crippen LogP contribution in [-0.4, -0.2) is 26.0 Å². The van der Waals surface area contributed by atoms with Crippen molar-refractivity contribution in [3.8, 4) is 11.8 Å². The second kappa shape index (κ2) is 45.1. The molecule has 0 saturated heterocycles. The summed E-state index contributed by atoms with van der Waals surface area (Å²) in [7, 11) is 0. The molecule has 12 aromatic carbocycles. The molecule has 3 N–H and O–H groups in total. The molecule has 0 atom stereocenters. The van der Waals surface area contributed by atoms with E-state index in [4.69, 9.17) is 5.26 Å². The van der Waals surface area contributed by atoms with E-state index < -0.39 is 18.1 Å². The first kappa shape index (κ1) is 81.4. The van der Waals surface area contributed by atoms with Crippen LogP contribution in [0.25, 0.3) is 22.3 Å². The molecule has 0 aliphatic heterocycles. The highest BCUT2D eigenvalue weighted by atomic mass is 19.4. The Hall–Kier alpha value is -11.7. The third-order valence-corrected chi connectivity index (χ3v) is 17.6. The van der Waals surface area contributed by atoms with E-state index >= 15 is 0 Å². The smallest absolute Gasteiger partial charge is 0.406 e. The van der Waals surface area contributed by atoms with Crippen molar-refractivity contribution < 1.29 is 35.5 Å². The maximum absolute atomic E-state index is 12.9. The summed E-state index contributed by atoms with van der Waals surface area (Å²) in [6, 6.07) is 111. The lowest BCUT2D eigenvalue weighted by Gasteiger charge is -2.11. The number of ether oxygens (including phenoxy) is 1. The number of aryl methyl sites for hydroxylation is 1. The lowest BCUT2D eigenvalue weighted by atomic mass is 9.96. The van der Waals surface area contributed by atoms with Crippen molar-refractivity contribution in [3.63, 3.8) is 0 Å². The first-order valence-corrected chi connectivity index (χ1v) is 36.8. The van der Waals surface area contributed by atoms with E-state index in [1.54, 1.807) is 12.1 Å². The number of nitrogens with zero attached hydrogens (tertiary/aromatic N) is 1. The fourth-order valence-corrected chi connectivity index (χ4v) is 12.1. The van der Waals surface area contributed by atoms with Crippen LogP contribution in [0.5, 0.6) is 5.75 Å². The molecule has 5 nitrogen and oxygen atoms in total. The molecular weight excluding hydrogens is 1370 g/mol. The summed E-state index contributed by atoms with van der Waals surface area (Å²) >= 11 is 0. The lowest BCUT2D eigenvalue weighted by molar-refractivity contribution is -0.274. The van der Waals surface area contributed by atoms with Crippen LogP contribution < -0.4 is 20.7 Å². The van der Waals surface area contributed by atoms with Gasteiger partial charge in [-0.05, 0) is 202 Å². The van der Waals surface area contributed by atoms with E-state index in [9.17, 15) is 30.7 Å². The van der Waals surface area contributed by atoms with Crippen LogP contribution >= 0.6 is 0 Å². The van der Waals surface area contributed by atoms with E-state index in [0.29, 0.717) is 19.6 Å². The Morgan fingerprint density at radius 1 is 0.321 bits per heavy atom. The molecule has 0 aromatic heterocycles.